The van der Waals surface area contributed by atoms with E-state index < -0.39 is 0 Å². The van der Waals surface area contributed by atoms with Crippen molar-refractivity contribution in [2.75, 3.05) is 19.7 Å². The highest BCUT2D eigenvalue weighted by molar-refractivity contribution is 5.74. The van der Waals surface area contributed by atoms with Crippen LogP contribution in [0.25, 0.3) is 5.69 Å². The molecular formula is C17H22N4O2. The molecule has 0 spiro atoms. The maximum atomic E-state index is 12.1. The number of carbonyl (C=O) groups excluding carboxylic acids is 1. The highest BCUT2D eigenvalue weighted by Crippen LogP contribution is 2.15. The van der Waals surface area contributed by atoms with E-state index in [0.717, 1.165) is 30.0 Å². The Morgan fingerprint density at radius 2 is 2.17 bits per heavy atom. The number of aliphatic hydroxyl groups is 1. The largest absolute Gasteiger partial charge is 0.396 e. The Labute approximate surface area is 135 Å². The Balaban J connectivity index is 1.55. The number of hydrogen-bond acceptors (Lipinski definition) is 3. The van der Waals surface area contributed by atoms with E-state index in [1.165, 1.54) is 0 Å². The van der Waals surface area contributed by atoms with Crippen LogP contribution in [0.3, 0.4) is 0 Å². The van der Waals surface area contributed by atoms with E-state index in [2.05, 4.69) is 10.3 Å². The van der Waals surface area contributed by atoms with E-state index in [4.69, 9.17) is 5.11 Å². The molecule has 0 radical (unpaired) electrons. The molecule has 1 fully saturated rings. The number of aryl methyl sites for hydroxylation is 1. The molecule has 0 saturated carbocycles. The van der Waals surface area contributed by atoms with Gasteiger partial charge in [0.2, 0.25) is 0 Å². The van der Waals surface area contributed by atoms with E-state index in [1.807, 2.05) is 42.0 Å². The highest BCUT2D eigenvalue weighted by atomic mass is 16.3. The summed E-state index contributed by atoms with van der Waals surface area (Å²) in [6, 6.07) is 8.00. The molecule has 1 aromatic heterocycles. The van der Waals surface area contributed by atoms with Gasteiger partial charge >= 0.3 is 6.03 Å². The van der Waals surface area contributed by atoms with Crippen LogP contribution in [0.5, 0.6) is 0 Å². The Morgan fingerprint density at radius 3 is 2.78 bits per heavy atom. The standard InChI is InChI=1S/C17H22N4O2/c1-13-18-7-9-21(13)16-4-2-14(3-5-16)10-19-17(23)20-8-6-15(11-20)12-22/h2-5,7,9,15,22H,6,8,10-12H2,1H3,(H,19,23). The van der Waals surface area contributed by atoms with Gasteiger partial charge < -0.3 is 19.9 Å². The van der Waals surface area contributed by atoms with Crippen LogP contribution in [0.2, 0.25) is 0 Å². The van der Waals surface area contributed by atoms with Crippen molar-refractivity contribution in [1.29, 1.82) is 0 Å². The van der Waals surface area contributed by atoms with Gasteiger partial charge in [-0.15, -0.1) is 0 Å². The number of nitrogens with zero attached hydrogens (tertiary/aromatic N) is 3. The van der Waals surface area contributed by atoms with E-state index >= 15 is 0 Å². The molecule has 2 N–H and O–H groups in total. The van der Waals surface area contributed by atoms with Gasteiger partial charge in [-0.05, 0) is 31.0 Å². The zero-order chi connectivity index (χ0) is 16.2. The molecule has 1 aromatic carbocycles. The average Bonchev–Trinajstić information content (AvgIpc) is 3.22. The molecule has 2 heterocycles. The molecule has 0 aliphatic carbocycles. The number of hydrogen-bond donors (Lipinski definition) is 2. The molecule has 2 amide bonds. The molecule has 1 saturated heterocycles. The maximum absolute atomic E-state index is 12.1. The zero-order valence-corrected chi connectivity index (χ0v) is 13.3. The minimum absolute atomic E-state index is 0.0597. The first-order valence-corrected chi connectivity index (χ1v) is 7.90. The minimum Gasteiger partial charge on any atom is -0.396 e. The monoisotopic (exact) mass is 314 g/mol. The fourth-order valence-electron chi connectivity index (χ4n) is 2.88. The molecule has 23 heavy (non-hydrogen) atoms. The molecule has 6 heteroatoms. The summed E-state index contributed by atoms with van der Waals surface area (Å²) < 4.78 is 2.02. The van der Waals surface area contributed by atoms with E-state index in [-0.39, 0.29) is 18.6 Å². The number of imidazole rings is 1. The SMILES string of the molecule is Cc1nccn1-c1ccc(CNC(=O)N2CCC(CO)C2)cc1. The lowest BCUT2D eigenvalue weighted by Crippen LogP contribution is -2.38. The van der Waals surface area contributed by atoms with E-state index in [1.54, 1.807) is 11.1 Å². The third-order valence-electron chi connectivity index (χ3n) is 4.32. The molecule has 0 bridgehead atoms. The number of aromatic nitrogens is 2. The van der Waals surface area contributed by atoms with Crippen LogP contribution in [0.1, 0.15) is 17.8 Å². The summed E-state index contributed by atoms with van der Waals surface area (Å²) in [5.41, 5.74) is 2.11. The van der Waals surface area contributed by atoms with E-state index in [9.17, 15) is 4.79 Å². The van der Waals surface area contributed by atoms with Crippen LogP contribution in [0.4, 0.5) is 4.79 Å². The molecule has 6 nitrogen and oxygen atoms in total. The van der Waals surface area contributed by atoms with Crippen molar-refractivity contribution in [3.05, 3.63) is 48.0 Å². The van der Waals surface area contributed by atoms with Crippen LogP contribution in [-0.2, 0) is 6.54 Å². The number of benzene rings is 1. The maximum Gasteiger partial charge on any atom is 0.317 e. The third kappa shape index (κ3) is 3.53. The van der Waals surface area contributed by atoms with Gasteiger partial charge in [-0.3, -0.25) is 0 Å². The number of amides is 2. The van der Waals surface area contributed by atoms with Crippen molar-refractivity contribution in [2.45, 2.75) is 19.9 Å². The number of aliphatic hydroxyl groups excluding tert-OH is 1. The smallest absolute Gasteiger partial charge is 0.317 e. The second-order valence-electron chi connectivity index (χ2n) is 5.95. The van der Waals surface area contributed by atoms with E-state index in [0.29, 0.717) is 13.1 Å². The first-order chi connectivity index (χ1) is 11.2. The molecule has 2 aromatic rings. The number of likely N-dealkylation sites (tertiary alicyclic amines) is 1. The van der Waals surface area contributed by atoms with Crippen molar-refractivity contribution < 1.29 is 9.90 Å². The van der Waals surface area contributed by atoms with Crippen molar-refractivity contribution in [2.24, 2.45) is 5.92 Å². The minimum atomic E-state index is -0.0597. The van der Waals surface area contributed by atoms with Crippen LogP contribution < -0.4 is 5.32 Å². The Morgan fingerprint density at radius 1 is 1.39 bits per heavy atom. The Hall–Kier alpha value is -2.34. The summed E-state index contributed by atoms with van der Waals surface area (Å²) in [4.78, 5) is 18.1. The Bertz CT molecular complexity index is 665. The van der Waals surface area contributed by atoms with Crippen molar-refractivity contribution in [1.82, 2.24) is 19.8 Å². The fourth-order valence-corrected chi connectivity index (χ4v) is 2.88. The van der Waals surface area contributed by atoms with Gasteiger partial charge in [-0.1, -0.05) is 12.1 Å². The lowest BCUT2D eigenvalue weighted by molar-refractivity contribution is 0.198. The molecule has 1 unspecified atom stereocenters. The Kier molecular flexibility index (Phi) is 4.62. The van der Waals surface area contributed by atoms with Crippen LogP contribution in [0.15, 0.2) is 36.7 Å². The second-order valence-corrected chi connectivity index (χ2v) is 5.95. The molecule has 122 valence electrons. The van der Waals surface area contributed by atoms with Crippen LogP contribution in [0, 0.1) is 12.8 Å². The van der Waals surface area contributed by atoms with Gasteiger partial charge in [-0.2, -0.15) is 0 Å². The lowest BCUT2D eigenvalue weighted by atomic mass is 10.1. The van der Waals surface area contributed by atoms with Gasteiger partial charge in [-0.25, -0.2) is 9.78 Å². The molecule has 1 aliphatic rings. The average molecular weight is 314 g/mol. The lowest BCUT2D eigenvalue weighted by Gasteiger charge is -2.17. The number of urea groups is 1. The quantitative estimate of drug-likeness (QED) is 0.902. The first kappa shape index (κ1) is 15.6. The van der Waals surface area contributed by atoms with Crippen LogP contribution >= 0.6 is 0 Å². The van der Waals surface area contributed by atoms with Crippen molar-refractivity contribution >= 4 is 6.03 Å². The molecule has 1 aliphatic heterocycles. The summed E-state index contributed by atoms with van der Waals surface area (Å²) in [5, 5.41) is 12.1. The first-order valence-electron chi connectivity index (χ1n) is 7.90. The molecule has 1 atom stereocenters. The van der Waals surface area contributed by atoms with Crippen molar-refractivity contribution in [3.8, 4) is 5.69 Å². The van der Waals surface area contributed by atoms with Crippen molar-refractivity contribution in [3.63, 3.8) is 0 Å². The highest BCUT2D eigenvalue weighted by Gasteiger charge is 2.25. The summed E-state index contributed by atoms with van der Waals surface area (Å²) in [5.74, 6) is 1.16. The van der Waals surface area contributed by atoms with Crippen LogP contribution in [-0.4, -0.2) is 45.3 Å². The predicted molar refractivity (Wildman–Crippen MR) is 87.3 cm³/mol. The zero-order valence-electron chi connectivity index (χ0n) is 13.3. The third-order valence-corrected chi connectivity index (χ3v) is 4.32. The summed E-state index contributed by atoms with van der Waals surface area (Å²) in [6.45, 7) is 3.97. The second kappa shape index (κ2) is 6.83. The summed E-state index contributed by atoms with van der Waals surface area (Å²) >= 11 is 0. The number of rotatable bonds is 4. The van der Waals surface area contributed by atoms with Gasteiger partial charge in [0, 0.05) is 50.2 Å². The van der Waals surface area contributed by atoms with Gasteiger partial charge in [0.25, 0.3) is 0 Å². The fraction of sp³-hybridized carbons (Fsp3) is 0.412. The molecular weight excluding hydrogens is 292 g/mol. The number of carbonyl (C=O) groups is 1. The van der Waals surface area contributed by atoms with Gasteiger partial charge in [0.05, 0.1) is 0 Å². The molecule has 3 rings (SSSR count). The number of nitrogens with one attached hydrogen (secondary N) is 1. The van der Waals surface area contributed by atoms with Gasteiger partial charge in [0.15, 0.2) is 0 Å². The summed E-state index contributed by atoms with van der Waals surface area (Å²) in [6.07, 6.45) is 4.58. The summed E-state index contributed by atoms with van der Waals surface area (Å²) in [7, 11) is 0. The predicted octanol–water partition coefficient (Wildman–Crippen LogP) is 1.70. The topological polar surface area (TPSA) is 70.4 Å². The normalized spacial score (nSPS) is 17.5. The van der Waals surface area contributed by atoms with Gasteiger partial charge in [0.1, 0.15) is 5.82 Å².